The third-order valence-corrected chi connectivity index (χ3v) is 9.28. The number of pyridine rings is 1. The zero-order valence-corrected chi connectivity index (χ0v) is 23.2. The summed E-state index contributed by atoms with van der Waals surface area (Å²) in [6.45, 7) is 6.24. The number of carbonyl (C=O) groups excluding carboxylic acids is 1. The fraction of sp³-hybridized carbons (Fsp3) is 0.333. The van der Waals surface area contributed by atoms with Crippen LogP contribution in [0, 0.1) is 5.82 Å². The van der Waals surface area contributed by atoms with Crippen molar-refractivity contribution in [3.8, 4) is 17.0 Å². The second-order valence-corrected chi connectivity index (χ2v) is 11.7. The quantitative estimate of drug-likeness (QED) is 0.205. The molecular formula is C27H30FIN5O3-. The van der Waals surface area contributed by atoms with Crippen LogP contribution in [0.15, 0.2) is 47.8 Å². The van der Waals surface area contributed by atoms with Gasteiger partial charge in [0.25, 0.3) is 0 Å². The summed E-state index contributed by atoms with van der Waals surface area (Å²) in [6, 6.07) is 6.60. The molecule has 0 spiro atoms. The van der Waals surface area contributed by atoms with Crippen LogP contribution in [0.1, 0.15) is 46.7 Å². The standard InChI is InChI=1S/C27H30FIN5O3/c1-15-7-11-31-21-14-30-10-8-17(21)23-25(33-20-6-4-5-18(28)26(20)36-3)22-24(34-23)19(13-32-27(22)35)29-37-12-9-16(15)2/h4-6,8,10,14,19,31,33-34H,7,9,11-13H2,1-3H3,(H,32,35)/q-1/b16-15-/t19-/m1/s1. The first kappa shape index (κ1) is 25.5. The zero-order valence-electron chi connectivity index (χ0n) is 21.0. The summed E-state index contributed by atoms with van der Waals surface area (Å²) in [5.74, 6) is -0.589. The Balaban J connectivity index is 1.67. The predicted molar refractivity (Wildman–Crippen MR) is 137 cm³/mol. The molecule has 4 heterocycles. The maximum atomic E-state index is 14.5. The van der Waals surface area contributed by atoms with Crippen LogP contribution in [0.25, 0.3) is 11.3 Å². The van der Waals surface area contributed by atoms with Gasteiger partial charge in [0.1, 0.15) is 0 Å². The number of benzene rings is 1. The SMILES string of the molecule is COc1c(F)cccc1Nc1c2[nH]c3c1C(=O)NC[C@H]3[I-]OCC/C(C)=C(/C)CCNc1cnccc1-2. The number of nitrogens with one attached hydrogen (secondary N) is 4. The molecule has 3 aromatic rings. The third kappa shape index (κ3) is 5.17. The number of aromatic nitrogens is 2. The van der Waals surface area contributed by atoms with Crippen molar-refractivity contribution in [2.45, 2.75) is 30.6 Å². The number of carbonyl (C=O) groups is 1. The van der Waals surface area contributed by atoms with Gasteiger partial charge in [0.05, 0.1) is 0 Å². The molecule has 196 valence electrons. The van der Waals surface area contributed by atoms with Crippen molar-refractivity contribution in [3.63, 3.8) is 0 Å². The van der Waals surface area contributed by atoms with Gasteiger partial charge in [-0.15, -0.1) is 0 Å². The topological polar surface area (TPSA) is 100 Å². The molecular weight excluding hydrogens is 588 g/mol. The van der Waals surface area contributed by atoms with Crippen LogP contribution in [0.3, 0.4) is 0 Å². The van der Waals surface area contributed by atoms with Crippen LogP contribution in [0.2, 0.25) is 0 Å². The number of anilines is 3. The van der Waals surface area contributed by atoms with E-state index in [4.69, 9.17) is 7.80 Å². The average Bonchev–Trinajstić information content (AvgIpc) is 3.27. The molecule has 0 unspecified atom stereocenters. The molecule has 2 aromatic heterocycles. The summed E-state index contributed by atoms with van der Waals surface area (Å²) in [6.07, 6.45) is 5.30. The molecule has 0 fully saturated rings. The Hall–Kier alpha value is -3.12. The number of rotatable bonds is 3. The summed E-state index contributed by atoms with van der Waals surface area (Å²) < 4.78 is 26.1. The minimum atomic E-state index is -0.707. The second-order valence-electron chi connectivity index (χ2n) is 9.10. The van der Waals surface area contributed by atoms with Crippen LogP contribution in [0.4, 0.5) is 21.5 Å². The number of aromatic amines is 1. The second kappa shape index (κ2) is 11.1. The molecule has 5 rings (SSSR count). The number of H-pyrrole nitrogens is 1. The molecule has 2 aliphatic heterocycles. The summed E-state index contributed by atoms with van der Waals surface area (Å²) in [7, 11) is 1.43. The van der Waals surface area contributed by atoms with Gasteiger partial charge in [-0.05, 0) is 0 Å². The van der Waals surface area contributed by atoms with Gasteiger partial charge in [0.15, 0.2) is 0 Å². The molecule has 0 radical (unpaired) electrons. The van der Waals surface area contributed by atoms with E-state index in [1.54, 1.807) is 24.5 Å². The molecule has 0 saturated carbocycles. The van der Waals surface area contributed by atoms with Crippen molar-refractivity contribution < 1.29 is 38.6 Å². The van der Waals surface area contributed by atoms with Crippen molar-refractivity contribution >= 4 is 23.0 Å². The van der Waals surface area contributed by atoms with E-state index in [1.807, 2.05) is 6.07 Å². The number of halogens is 2. The molecule has 37 heavy (non-hydrogen) atoms. The molecule has 1 amide bonds. The monoisotopic (exact) mass is 618 g/mol. The first-order chi connectivity index (χ1) is 18.0. The molecule has 4 N–H and O–H groups in total. The van der Waals surface area contributed by atoms with Crippen LogP contribution in [-0.2, 0) is 3.07 Å². The molecule has 1 atom stereocenters. The number of ether oxygens (including phenoxy) is 1. The Morgan fingerprint density at radius 3 is 2.86 bits per heavy atom. The number of hydrogen-bond donors (Lipinski definition) is 4. The summed E-state index contributed by atoms with van der Waals surface area (Å²) >= 11 is -0.707. The van der Waals surface area contributed by atoms with Crippen molar-refractivity contribution in [1.82, 2.24) is 15.3 Å². The number of fused-ring (bicyclic) bond motifs is 3. The van der Waals surface area contributed by atoms with E-state index < -0.39 is 27.4 Å². The zero-order chi connectivity index (χ0) is 25.9. The van der Waals surface area contributed by atoms with Crippen LogP contribution < -0.4 is 42.3 Å². The molecule has 1 aromatic carbocycles. The number of amides is 1. The maximum absolute atomic E-state index is 14.5. The predicted octanol–water partition coefficient (Wildman–Crippen LogP) is 2.32. The molecule has 0 aliphatic carbocycles. The van der Waals surface area contributed by atoms with E-state index in [2.05, 4.69) is 39.8 Å². The molecule has 8 nitrogen and oxygen atoms in total. The Labute approximate surface area is 226 Å². The van der Waals surface area contributed by atoms with Gasteiger partial charge in [0, 0.05) is 0 Å². The van der Waals surface area contributed by atoms with E-state index in [0.29, 0.717) is 30.1 Å². The van der Waals surface area contributed by atoms with E-state index >= 15 is 0 Å². The normalized spacial score (nSPS) is 20.3. The van der Waals surface area contributed by atoms with Gasteiger partial charge in [-0.25, -0.2) is 0 Å². The number of para-hydroxylation sites is 1. The Morgan fingerprint density at radius 2 is 2.03 bits per heavy atom. The number of nitrogens with zero attached hydrogens (tertiary/aromatic N) is 1. The fourth-order valence-electron chi connectivity index (χ4n) is 4.59. The Bertz CT molecular complexity index is 1360. The Morgan fingerprint density at radius 1 is 1.19 bits per heavy atom. The number of hydrogen-bond acceptors (Lipinski definition) is 6. The molecule has 2 bridgehead atoms. The van der Waals surface area contributed by atoms with Crippen molar-refractivity contribution in [2.75, 3.05) is 37.4 Å². The van der Waals surface area contributed by atoms with E-state index in [9.17, 15) is 9.18 Å². The van der Waals surface area contributed by atoms with E-state index in [0.717, 1.165) is 42.0 Å². The minimum absolute atomic E-state index is 0.0453. The van der Waals surface area contributed by atoms with Gasteiger partial charge < -0.3 is 0 Å². The number of alkyl halides is 1. The van der Waals surface area contributed by atoms with Crippen LogP contribution in [0.5, 0.6) is 5.75 Å². The van der Waals surface area contributed by atoms with Crippen molar-refractivity contribution in [2.24, 2.45) is 0 Å². The van der Waals surface area contributed by atoms with Gasteiger partial charge in [0.2, 0.25) is 0 Å². The van der Waals surface area contributed by atoms with Gasteiger partial charge in [-0.1, -0.05) is 0 Å². The van der Waals surface area contributed by atoms with Crippen molar-refractivity contribution in [3.05, 3.63) is 64.9 Å². The summed E-state index contributed by atoms with van der Waals surface area (Å²) in [5, 5.41) is 9.88. The third-order valence-electron chi connectivity index (χ3n) is 6.80. The number of methoxy groups -OCH3 is 1. The van der Waals surface area contributed by atoms with Gasteiger partial charge in [-0.3, -0.25) is 0 Å². The fourth-order valence-corrected chi connectivity index (χ4v) is 6.62. The summed E-state index contributed by atoms with van der Waals surface area (Å²) in [4.78, 5) is 21.1. The van der Waals surface area contributed by atoms with E-state index in [-0.39, 0.29) is 15.6 Å². The van der Waals surface area contributed by atoms with Gasteiger partial charge in [-0.2, -0.15) is 0 Å². The molecule has 0 saturated heterocycles. The molecule has 10 heteroatoms. The van der Waals surface area contributed by atoms with Crippen molar-refractivity contribution in [1.29, 1.82) is 0 Å². The first-order valence-corrected chi connectivity index (χ1v) is 14.3. The van der Waals surface area contributed by atoms with E-state index in [1.165, 1.54) is 24.3 Å². The average molecular weight is 618 g/mol. The van der Waals surface area contributed by atoms with Gasteiger partial charge >= 0.3 is 227 Å². The van der Waals surface area contributed by atoms with Crippen LogP contribution in [-0.4, -0.2) is 42.7 Å². The van der Waals surface area contributed by atoms with Crippen LogP contribution >= 0.6 is 0 Å². The Kier molecular flexibility index (Phi) is 7.65. The summed E-state index contributed by atoms with van der Waals surface area (Å²) in [5.41, 5.74) is 7.49. The first-order valence-electron chi connectivity index (χ1n) is 12.2. The molecule has 2 aliphatic rings.